The summed E-state index contributed by atoms with van der Waals surface area (Å²) in [5.41, 5.74) is 7.79. The Morgan fingerprint density at radius 2 is 1.84 bits per heavy atom. The Labute approximate surface area is 257 Å². The molecule has 0 bridgehead atoms. The molecular formula is C28H26F3N5O8S. The van der Waals surface area contributed by atoms with Crippen LogP contribution < -0.4 is 20.7 Å². The molecule has 2 fully saturated rings. The number of halogens is 3. The van der Waals surface area contributed by atoms with E-state index in [-0.39, 0.29) is 29.8 Å². The summed E-state index contributed by atoms with van der Waals surface area (Å²) in [7, 11) is 0. The Morgan fingerprint density at radius 3 is 2.47 bits per heavy atom. The van der Waals surface area contributed by atoms with Crippen LogP contribution in [0, 0.1) is 0 Å². The number of alkyl halides is 3. The zero-order chi connectivity index (χ0) is 33.1. The quantitative estimate of drug-likeness (QED) is 0.136. The molecule has 1 aromatic carbocycles. The van der Waals surface area contributed by atoms with Crippen molar-refractivity contribution >= 4 is 47.1 Å². The van der Waals surface area contributed by atoms with E-state index in [0.717, 1.165) is 10.5 Å². The number of nitrogens with two attached hydrogens (primary N) is 1. The number of aromatic nitrogens is 1. The number of anilines is 1. The van der Waals surface area contributed by atoms with Gasteiger partial charge in [-0.15, -0.1) is 11.8 Å². The number of benzene rings is 1. The molecule has 0 unspecified atom stereocenters. The van der Waals surface area contributed by atoms with E-state index in [1.165, 1.54) is 23.9 Å². The minimum atomic E-state index is -5.08. The van der Waals surface area contributed by atoms with Gasteiger partial charge in [0.25, 0.3) is 5.91 Å². The molecule has 0 saturated carbocycles. The molecular weight excluding hydrogens is 623 g/mol. The Balaban J connectivity index is 0.000000591. The molecule has 0 spiro atoms. The lowest BCUT2D eigenvalue weighted by Crippen LogP contribution is -2.69. The largest absolute Gasteiger partial charge is 0.543 e. The number of nitrogens with one attached hydrogen (secondary N) is 1. The molecule has 13 nitrogen and oxygen atoms in total. The molecule has 5 N–H and O–H groups in total. The zero-order valence-corrected chi connectivity index (χ0v) is 24.0. The van der Waals surface area contributed by atoms with Gasteiger partial charge in [-0.05, 0) is 48.4 Å². The smallest absolute Gasteiger partial charge is 0.490 e. The Morgan fingerprint density at radius 1 is 1.18 bits per heavy atom. The summed E-state index contributed by atoms with van der Waals surface area (Å²) >= 11 is 1.36. The van der Waals surface area contributed by atoms with Gasteiger partial charge in [0, 0.05) is 35.2 Å². The van der Waals surface area contributed by atoms with Crippen LogP contribution in [0.2, 0.25) is 0 Å². The van der Waals surface area contributed by atoms with Crippen LogP contribution in [0.3, 0.4) is 0 Å². The molecule has 1 aromatic heterocycles. The number of pyridine rings is 1. The second kappa shape index (κ2) is 13.4. The van der Waals surface area contributed by atoms with Gasteiger partial charge >= 0.3 is 12.1 Å². The van der Waals surface area contributed by atoms with E-state index in [1.807, 2.05) is 6.07 Å². The van der Waals surface area contributed by atoms with Crippen molar-refractivity contribution in [1.29, 1.82) is 0 Å². The van der Waals surface area contributed by atoms with Gasteiger partial charge in [-0.3, -0.25) is 19.3 Å². The van der Waals surface area contributed by atoms with Crippen molar-refractivity contribution in [2.75, 3.05) is 17.6 Å². The highest BCUT2D eigenvalue weighted by atomic mass is 32.2. The van der Waals surface area contributed by atoms with Gasteiger partial charge in [-0.1, -0.05) is 0 Å². The minimum Gasteiger partial charge on any atom is -0.543 e. The van der Waals surface area contributed by atoms with Crippen molar-refractivity contribution in [3.63, 3.8) is 0 Å². The first-order valence-electron chi connectivity index (χ1n) is 13.2. The number of phenolic OH excluding ortho intramolecular Hbond substituents is 1. The molecule has 17 heteroatoms. The molecule has 3 aliphatic heterocycles. The maximum Gasteiger partial charge on any atom is 0.490 e. The Kier molecular flexibility index (Phi) is 9.82. The van der Waals surface area contributed by atoms with Crippen molar-refractivity contribution in [3.8, 4) is 5.75 Å². The number of phenols is 1. The van der Waals surface area contributed by atoms with Crippen molar-refractivity contribution < 1.29 is 57.0 Å². The number of carbonyl (C=O) groups is 5. The molecule has 2 aromatic rings. The highest BCUT2D eigenvalue weighted by molar-refractivity contribution is 8.00. The molecule has 0 radical (unpaired) electrons. The number of carboxylic acid groups (broad SMARTS) is 2. The zero-order valence-electron chi connectivity index (χ0n) is 23.2. The highest BCUT2D eigenvalue weighted by Crippen LogP contribution is 2.40. The number of allylic oxidation sites excluding steroid dienone is 1. The van der Waals surface area contributed by atoms with Crippen LogP contribution in [-0.4, -0.2) is 79.6 Å². The van der Waals surface area contributed by atoms with Crippen LogP contribution in [-0.2, 0) is 37.1 Å². The number of nitrogens with zero attached hydrogens (tertiary/aromatic N) is 3. The number of aliphatic carboxylic acids is 2. The van der Waals surface area contributed by atoms with Crippen molar-refractivity contribution in [3.05, 3.63) is 77.3 Å². The number of rotatable bonds is 7. The predicted octanol–water partition coefficient (Wildman–Crippen LogP) is -0.143. The summed E-state index contributed by atoms with van der Waals surface area (Å²) in [6.45, 7) is 0.836. The van der Waals surface area contributed by atoms with Crippen LogP contribution in [0.4, 0.5) is 18.9 Å². The molecule has 2 atom stereocenters. The van der Waals surface area contributed by atoms with Crippen molar-refractivity contribution in [2.45, 2.75) is 37.1 Å². The highest BCUT2D eigenvalue weighted by Gasteiger charge is 2.50. The fourth-order valence-electron chi connectivity index (χ4n) is 4.70. The van der Waals surface area contributed by atoms with E-state index in [9.17, 15) is 42.6 Å². The van der Waals surface area contributed by atoms with Crippen LogP contribution in [0.5, 0.6) is 5.75 Å². The molecule has 4 heterocycles. The minimum absolute atomic E-state index is 0.0610. The van der Waals surface area contributed by atoms with E-state index in [2.05, 4.69) is 5.32 Å². The topological polar surface area (TPSA) is 197 Å². The van der Waals surface area contributed by atoms with Gasteiger partial charge in [0.1, 0.15) is 17.2 Å². The summed E-state index contributed by atoms with van der Waals surface area (Å²) in [5, 5.41) is 30.6. The number of amides is 3. The molecule has 5 rings (SSSR count). The number of fused-ring (bicyclic) bond motifs is 1. The molecule has 0 aliphatic carbocycles. The number of thioether (sulfide) groups is 1. The van der Waals surface area contributed by atoms with Gasteiger partial charge in [-0.2, -0.15) is 17.7 Å². The third-order valence-electron chi connectivity index (χ3n) is 6.81. The van der Waals surface area contributed by atoms with E-state index in [1.54, 1.807) is 46.1 Å². The van der Waals surface area contributed by atoms with E-state index >= 15 is 0 Å². The molecule has 3 amide bonds. The number of carboxylic acids is 2. The summed E-state index contributed by atoms with van der Waals surface area (Å²) in [6.07, 6.45) is 0.458. The summed E-state index contributed by atoms with van der Waals surface area (Å²) in [4.78, 5) is 61.2. The van der Waals surface area contributed by atoms with E-state index < -0.39 is 35.4 Å². The average molecular weight is 650 g/mol. The van der Waals surface area contributed by atoms with Gasteiger partial charge in [0.05, 0.1) is 18.2 Å². The third kappa shape index (κ3) is 7.79. The molecule has 238 valence electrons. The lowest BCUT2D eigenvalue weighted by molar-refractivity contribution is -0.684. The summed E-state index contributed by atoms with van der Waals surface area (Å²) in [5.74, 6) is -4.72. The maximum atomic E-state index is 13.1. The number of hydrogen-bond donors (Lipinski definition) is 4. The number of hydrogen-bond acceptors (Lipinski definition) is 9. The lowest BCUT2D eigenvalue weighted by Gasteiger charge is -2.49. The number of aromatic hydroxyl groups is 1. The number of β-lactam (4-membered cyclic amide) rings is 1. The first-order chi connectivity index (χ1) is 21.1. The fraction of sp³-hybridized carbons (Fsp3) is 0.286. The van der Waals surface area contributed by atoms with E-state index in [0.29, 0.717) is 42.1 Å². The summed E-state index contributed by atoms with van der Waals surface area (Å²) < 4.78 is 33.4. The third-order valence-corrected chi connectivity index (χ3v) is 8.13. The van der Waals surface area contributed by atoms with E-state index in [4.69, 9.17) is 15.6 Å². The predicted molar refractivity (Wildman–Crippen MR) is 148 cm³/mol. The van der Waals surface area contributed by atoms with Gasteiger partial charge in [-0.25, -0.2) is 4.79 Å². The van der Waals surface area contributed by atoms with Crippen LogP contribution in [0.15, 0.2) is 71.7 Å². The van der Waals surface area contributed by atoms with Crippen molar-refractivity contribution in [1.82, 2.24) is 9.80 Å². The SMILES string of the molecule is N[C@@H]1C(=O)N2C(C(=O)[O-])=C(/C=C3\CCN(Cc4ccc[n+](CC(=O)Nc5ccc(O)cc5)c4)C3=O)CS[C@H]12.O=C(O)C(F)(F)F. The number of carbonyl (C=O) groups excluding carboxylic acids is 4. The average Bonchev–Trinajstić information content (AvgIpc) is 3.31. The van der Waals surface area contributed by atoms with Crippen LogP contribution in [0.25, 0.3) is 0 Å². The van der Waals surface area contributed by atoms with Gasteiger partial charge < -0.3 is 36.1 Å². The summed E-state index contributed by atoms with van der Waals surface area (Å²) in [6, 6.07) is 9.09. The molecule has 3 aliphatic rings. The normalized spacial score (nSPS) is 20.3. The lowest BCUT2D eigenvalue weighted by atomic mass is 10.0. The van der Waals surface area contributed by atoms with Crippen molar-refractivity contribution in [2.24, 2.45) is 5.73 Å². The van der Waals surface area contributed by atoms with Gasteiger partial charge in [0.2, 0.25) is 18.4 Å². The second-order valence-electron chi connectivity index (χ2n) is 10.0. The fourth-order valence-corrected chi connectivity index (χ4v) is 5.95. The number of likely N-dealkylation sites (tertiary alicyclic amines) is 1. The first kappa shape index (κ1) is 33.0. The maximum absolute atomic E-state index is 13.1. The monoisotopic (exact) mass is 649 g/mol. The molecule has 45 heavy (non-hydrogen) atoms. The standard InChI is InChI=1S/C26H25N5O6S.C2HF3O2/c27-21-24(35)31-22(26(36)37)17(14-38-25(21)31)10-16-7-9-30(23(16)34)12-15-2-1-8-29(11-15)13-20(33)28-18-3-5-19(32)6-4-18;3-2(4,5)1(6)7/h1-6,8,10-11,21,25H,7,9,12-14,27H2,(H2-,28,32,33,36,37);(H,6,7)/b16-10+;/t21-,25-;/m1./s1. The Bertz CT molecular complexity index is 1600. The van der Waals surface area contributed by atoms with Gasteiger partial charge in [0.15, 0.2) is 12.4 Å². The first-order valence-corrected chi connectivity index (χ1v) is 14.2. The Hall–Kier alpha value is -4.90. The molecule has 2 saturated heterocycles. The van der Waals surface area contributed by atoms with Crippen LogP contribution >= 0.6 is 11.8 Å². The second-order valence-corrected chi connectivity index (χ2v) is 11.1. The van der Waals surface area contributed by atoms with Crippen LogP contribution in [0.1, 0.15) is 12.0 Å².